The lowest BCUT2D eigenvalue weighted by molar-refractivity contribution is 0.0437. The van der Waals surface area contributed by atoms with Crippen molar-refractivity contribution in [3.63, 3.8) is 0 Å². The van der Waals surface area contributed by atoms with Crippen LogP contribution in [0.3, 0.4) is 0 Å². The van der Waals surface area contributed by atoms with Crippen molar-refractivity contribution in [3.8, 4) is 0 Å². The summed E-state index contributed by atoms with van der Waals surface area (Å²) in [6, 6.07) is 0. The van der Waals surface area contributed by atoms with Gasteiger partial charge >= 0.3 is 0 Å². The van der Waals surface area contributed by atoms with Crippen LogP contribution in [0.25, 0.3) is 0 Å². The molecule has 2 nitrogen and oxygen atoms in total. The summed E-state index contributed by atoms with van der Waals surface area (Å²) in [5.41, 5.74) is -0.699. The van der Waals surface area contributed by atoms with E-state index in [2.05, 4.69) is 12.2 Å². The van der Waals surface area contributed by atoms with Crippen LogP contribution in [0, 0.1) is 0 Å². The Hall–Kier alpha value is -0.0800. The van der Waals surface area contributed by atoms with Crippen molar-refractivity contribution < 1.29 is 5.11 Å². The molecule has 0 aromatic carbocycles. The maximum atomic E-state index is 9.13. The highest BCUT2D eigenvalue weighted by molar-refractivity contribution is 4.60. The van der Waals surface area contributed by atoms with Gasteiger partial charge in [-0.1, -0.05) is 13.3 Å². The molecule has 0 aliphatic heterocycles. The summed E-state index contributed by atoms with van der Waals surface area (Å²) < 4.78 is 0. The van der Waals surface area contributed by atoms with Crippen molar-refractivity contribution >= 4 is 0 Å². The molecular weight excluding hydrogens is 114 g/mol. The number of hydrogen-bond acceptors (Lipinski definition) is 2. The number of rotatable bonds is 4. The molecule has 0 aromatic rings. The Morgan fingerprint density at radius 1 is 1.44 bits per heavy atom. The molecule has 56 valence electrons. The van der Waals surface area contributed by atoms with E-state index in [9.17, 15) is 0 Å². The van der Waals surface area contributed by atoms with Crippen molar-refractivity contribution in [1.29, 1.82) is 0 Å². The quantitative estimate of drug-likeness (QED) is 0.442. The topological polar surface area (TPSA) is 32.3 Å². The zero-order valence-corrected chi connectivity index (χ0v) is 6.57. The average Bonchev–Trinajstić information content (AvgIpc) is 1.63. The lowest BCUT2D eigenvalue weighted by atomic mass is 10.3. The molecule has 0 aliphatic carbocycles. The second kappa shape index (κ2) is 3.85. The van der Waals surface area contributed by atoms with Gasteiger partial charge < -0.3 is 5.11 Å². The minimum Gasteiger partial charge on any atom is -0.376 e. The molecule has 0 amide bonds. The van der Waals surface area contributed by atoms with Crippen LogP contribution >= 0.6 is 0 Å². The predicted molar refractivity (Wildman–Crippen MR) is 39.2 cm³/mol. The minimum atomic E-state index is -0.699. The van der Waals surface area contributed by atoms with E-state index in [1.54, 1.807) is 13.8 Å². The number of nitrogens with one attached hydrogen (secondary N) is 1. The first-order chi connectivity index (χ1) is 4.06. The van der Waals surface area contributed by atoms with E-state index in [4.69, 9.17) is 5.11 Å². The maximum absolute atomic E-state index is 9.13. The van der Waals surface area contributed by atoms with Crippen LogP contribution in [0.1, 0.15) is 33.6 Å². The molecule has 0 rings (SSSR count). The average molecular weight is 131 g/mol. The number of hydrogen-bond donors (Lipinski definition) is 2. The summed E-state index contributed by atoms with van der Waals surface area (Å²) in [5, 5.41) is 12.1. The van der Waals surface area contributed by atoms with Crippen LogP contribution in [0.15, 0.2) is 0 Å². The first-order valence-electron chi connectivity index (χ1n) is 3.53. The molecule has 0 atom stereocenters. The Kier molecular flexibility index (Phi) is 3.82. The van der Waals surface area contributed by atoms with Crippen LogP contribution in [0.5, 0.6) is 0 Å². The smallest absolute Gasteiger partial charge is 0.110 e. The SMILES string of the molecule is CCCCNC(C)(C)O. The molecule has 0 heterocycles. The molecule has 0 saturated carbocycles. The third-order valence-electron chi connectivity index (χ3n) is 1.09. The molecular formula is C7H17NO. The molecule has 0 unspecified atom stereocenters. The van der Waals surface area contributed by atoms with Crippen molar-refractivity contribution in [2.24, 2.45) is 0 Å². The van der Waals surface area contributed by atoms with Gasteiger partial charge in [0.1, 0.15) is 5.72 Å². The Bertz CT molecular complexity index is 65.8. The van der Waals surface area contributed by atoms with Crippen LogP contribution < -0.4 is 5.32 Å². The van der Waals surface area contributed by atoms with Crippen LogP contribution in [-0.2, 0) is 0 Å². The Balaban J connectivity index is 3.07. The van der Waals surface area contributed by atoms with E-state index in [0.29, 0.717) is 0 Å². The van der Waals surface area contributed by atoms with Gasteiger partial charge in [0.25, 0.3) is 0 Å². The largest absolute Gasteiger partial charge is 0.376 e. The van der Waals surface area contributed by atoms with Crippen LogP contribution in [0.4, 0.5) is 0 Å². The lowest BCUT2D eigenvalue weighted by Crippen LogP contribution is -2.39. The van der Waals surface area contributed by atoms with Gasteiger partial charge in [0.2, 0.25) is 0 Å². The van der Waals surface area contributed by atoms with Gasteiger partial charge in [0.15, 0.2) is 0 Å². The second-order valence-corrected chi connectivity index (χ2v) is 2.84. The van der Waals surface area contributed by atoms with Crippen LogP contribution in [0.2, 0.25) is 0 Å². The molecule has 0 radical (unpaired) electrons. The third kappa shape index (κ3) is 7.92. The standard InChI is InChI=1S/C7H17NO/c1-4-5-6-8-7(2,3)9/h8-9H,4-6H2,1-3H3. The summed E-state index contributed by atoms with van der Waals surface area (Å²) in [6.45, 7) is 6.54. The second-order valence-electron chi connectivity index (χ2n) is 2.84. The molecule has 0 saturated heterocycles. The van der Waals surface area contributed by atoms with Gasteiger partial charge in [-0.2, -0.15) is 0 Å². The highest BCUT2D eigenvalue weighted by Crippen LogP contribution is 1.94. The van der Waals surface area contributed by atoms with Crippen molar-refractivity contribution in [2.45, 2.75) is 39.3 Å². The van der Waals surface area contributed by atoms with Gasteiger partial charge in [-0.15, -0.1) is 0 Å². The molecule has 0 spiro atoms. The lowest BCUT2D eigenvalue weighted by Gasteiger charge is -2.18. The zero-order valence-electron chi connectivity index (χ0n) is 6.57. The van der Waals surface area contributed by atoms with Gasteiger partial charge in [0, 0.05) is 0 Å². The molecule has 0 aromatic heterocycles. The van der Waals surface area contributed by atoms with Crippen molar-refractivity contribution in [3.05, 3.63) is 0 Å². The number of aliphatic hydroxyl groups is 1. The van der Waals surface area contributed by atoms with E-state index in [-0.39, 0.29) is 0 Å². The highest BCUT2D eigenvalue weighted by Gasteiger charge is 2.08. The predicted octanol–water partition coefficient (Wildman–Crippen LogP) is 1.10. The fourth-order valence-electron chi connectivity index (χ4n) is 0.571. The summed E-state index contributed by atoms with van der Waals surface area (Å²) >= 11 is 0. The first kappa shape index (κ1) is 8.92. The summed E-state index contributed by atoms with van der Waals surface area (Å²) in [6.07, 6.45) is 2.30. The number of unbranched alkanes of at least 4 members (excludes halogenated alkanes) is 1. The highest BCUT2D eigenvalue weighted by atomic mass is 16.3. The molecule has 2 heteroatoms. The Labute approximate surface area is 57.3 Å². The minimum absolute atomic E-state index is 0.699. The summed E-state index contributed by atoms with van der Waals surface area (Å²) in [4.78, 5) is 0. The maximum Gasteiger partial charge on any atom is 0.110 e. The molecule has 0 bridgehead atoms. The normalized spacial score (nSPS) is 12.0. The van der Waals surface area contributed by atoms with Gasteiger partial charge in [-0.05, 0) is 26.8 Å². The molecule has 2 N–H and O–H groups in total. The first-order valence-corrected chi connectivity index (χ1v) is 3.53. The molecule has 0 fully saturated rings. The van der Waals surface area contributed by atoms with Crippen LogP contribution in [-0.4, -0.2) is 17.4 Å². The zero-order chi connectivity index (χ0) is 7.33. The van der Waals surface area contributed by atoms with E-state index in [0.717, 1.165) is 13.0 Å². The van der Waals surface area contributed by atoms with Gasteiger partial charge in [-0.3, -0.25) is 5.32 Å². The summed E-state index contributed by atoms with van der Waals surface area (Å²) in [5.74, 6) is 0. The monoisotopic (exact) mass is 131 g/mol. The summed E-state index contributed by atoms with van der Waals surface area (Å²) in [7, 11) is 0. The fourth-order valence-corrected chi connectivity index (χ4v) is 0.571. The van der Waals surface area contributed by atoms with E-state index < -0.39 is 5.72 Å². The molecule has 9 heavy (non-hydrogen) atoms. The van der Waals surface area contributed by atoms with Crippen molar-refractivity contribution in [2.75, 3.05) is 6.54 Å². The van der Waals surface area contributed by atoms with E-state index in [1.165, 1.54) is 6.42 Å². The van der Waals surface area contributed by atoms with E-state index in [1.807, 2.05) is 0 Å². The van der Waals surface area contributed by atoms with E-state index >= 15 is 0 Å². The fraction of sp³-hybridized carbons (Fsp3) is 1.00. The third-order valence-corrected chi connectivity index (χ3v) is 1.09. The van der Waals surface area contributed by atoms with Crippen molar-refractivity contribution in [1.82, 2.24) is 5.32 Å². The van der Waals surface area contributed by atoms with Gasteiger partial charge in [-0.25, -0.2) is 0 Å². The van der Waals surface area contributed by atoms with Gasteiger partial charge in [0.05, 0.1) is 0 Å². The Morgan fingerprint density at radius 2 is 2.00 bits per heavy atom. The Morgan fingerprint density at radius 3 is 2.33 bits per heavy atom. The molecule has 0 aliphatic rings.